The summed E-state index contributed by atoms with van der Waals surface area (Å²) in [5.41, 5.74) is 16.0. The molecule has 0 amide bonds. The van der Waals surface area contributed by atoms with Crippen LogP contribution in [-0.4, -0.2) is 16.2 Å². The molecule has 6 nitrogen and oxygen atoms in total. The first-order valence-corrected chi connectivity index (χ1v) is 27.4. The van der Waals surface area contributed by atoms with Crippen LogP contribution in [0.4, 0.5) is 22.7 Å². The summed E-state index contributed by atoms with van der Waals surface area (Å²) < 4.78 is 77.4. The number of rotatable bonds is 11. The predicted octanol–water partition coefficient (Wildman–Crippen LogP) is 20.8. The molecule has 1 aliphatic rings. The first-order chi connectivity index (χ1) is 41.2. The standard InChI is InChI=1S/C73H66N4O2/c1-45(2)52-37-62(46(3)4)72(63(38-52)47(5)6)51-32-33-74-71(40-51)77-65-31-27-49(50-26-29-61-60-22-13-16-25-69(60)79-70(61)39-50)36-64(65)59-30-28-58(43-68(59)77)78-57-21-17-20-55(42-57)75-44-76(67-24-15-14-23-66(67)75)56-35-53(48-18-11-10-12-19-48)34-54(41-56)73(7,8)9/h10-43,45-47H,44H2,1-9H3/i13D,16D,22D,25D,26D,29D,39D. The zero-order valence-corrected chi connectivity index (χ0v) is 46.1. The van der Waals surface area contributed by atoms with Crippen molar-refractivity contribution >= 4 is 66.5 Å². The van der Waals surface area contributed by atoms with E-state index in [1.54, 1.807) is 0 Å². The molecule has 0 aliphatic carbocycles. The van der Waals surface area contributed by atoms with Gasteiger partial charge in [0.05, 0.1) is 32.0 Å². The fourth-order valence-electron chi connectivity index (χ4n) is 11.4. The molecule has 79 heavy (non-hydrogen) atoms. The molecule has 6 heteroatoms. The second-order valence-electron chi connectivity index (χ2n) is 22.9. The maximum atomic E-state index is 9.55. The van der Waals surface area contributed by atoms with Crippen LogP contribution in [0.1, 0.15) is 112 Å². The lowest BCUT2D eigenvalue weighted by Gasteiger charge is -2.26. The van der Waals surface area contributed by atoms with Crippen molar-refractivity contribution in [2.24, 2.45) is 0 Å². The number of fused-ring (bicyclic) bond motifs is 7. The van der Waals surface area contributed by atoms with Crippen molar-refractivity contribution in [2.75, 3.05) is 16.5 Å². The Morgan fingerprint density at radius 1 is 0.519 bits per heavy atom. The normalized spacial score (nSPS) is 14.1. The van der Waals surface area contributed by atoms with Gasteiger partial charge in [-0.2, -0.15) is 0 Å². The molecule has 0 saturated heterocycles. The Bertz CT molecular complexity index is 4700. The molecule has 0 N–H and O–H groups in total. The quantitative estimate of drug-likeness (QED) is 0.129. The lowest BCUT2D eigenvalue weighted by atomic mass is 9.82. The highest BCUT2D eigenvalue weighted by molar-refractivity contribution is 6.11. The Labute approximate surface area is 474 Å². The van der Waals surface area contributed by atoms with Gasteiger partial charge < -0.3 is 19.0 Å². The van der Waals surface area contributed by atoms with E-state index in [1.165, 1.54) is 38.9 Å². The van der Waals surface area contributed by atoms with Gasteiger partial charge in [-0.3, -0.25) is 4.57 Å². The molecule has 0 unspecified atom stereocenters. The predicted molar refractivity (Wildman–Crippen MR) is 332 cm³/mol. The van der Waals surface area contributed by atoms with Gasteiger partial charge in [-0.25, -0.2) is 4.98 Å². The van der Waals surface area contributed by atoms with Crippen LogP contribution >= 0.6 is 0 Å². The van der Waals surface area contributed by atoms with E-state index in [0.29, 0.717) is 35.5 Å². The number of hydrogen-bond acceptors (Lipinski definition) is 5. The zero-order chi connectivity index (χ0) is 60.4. The lowest BCUT2D eigenvalue weighted by molar-refractivity contribution is 0.483. The molecule has 0 spiro atoms. The highest BCUT2D eigenvalue weighted by atomic mass is 16.5. The van der Waals surface area contributed by atoms with E-state index < -0.39 is 18.1 Å². The SMILES string of the molecule is [2H]c1c([2H])c([2H])c2c(oc3c([2H])c(-c4ccc5c(c4)c4ccc(Oc6cccc(N7CN(c8cc(-c9ccccc9)cc(C(C)(C)C)c8)c8ccccc87)c6)cc4n5-c4cc(-c5c(C(C)C)cc(C(C)C)cc5C(C)C)ccn4)c([2H])c([2H])c32)c1[2H]. The van der Waals surface area contributed by atoms with Gasteiger partial charge in [0.25, 0.3) is 0 Å². The van der Waals surface area contributed by atoms with Crippen LogP contribution in [0.25, 0.3) is 82.9 Å². The summed E-state index contributed by atoms with van der Waals surface area (Å²) in [5.74, 6) is 2.80. The summed E-state index contributed by atoms with van der Waals surface area (Å²) in [6.45, 7) is 20.9. The molecular weight excluding hydrogens is 965 g/mol. The summed E-state index contributed by atoms with van der Waals surface area (Å²) in [6.07, 6.45) is 1.88. The Morgan fingerprint density at radius 3 is 1.99 bits per heavy atom. The van der Waals surface area contributed by atoms with E-state index in [9.17, 15) is 4.11 Å². The second-order valence-corrected chi connectivity index (χ2v) is 22.9. The summed E-state index contributed by atoms with van der Waals surface area (Å²) in [4.78, 5) is 9.84. The van der Waals surface area contributed by atoms with E-state index in [2.05, 4.69) is 186 Å². The third-order valence-electron chi connectivity index (χ3n) is 15.6. The van der Waals surface area contributed by atoms with Crippen molar-refractivity contribution in [3.63, 3.8) is 0 Å². The van der Waals surface area contributed by atoms with Gasteiger partial charge in [0.2, 0.25) is 0 Å². The Morgan fingerprint density at radius 2 is 1.24 bits per heavy atom. The first-order valence-electron chi connectivity index (χ1n) is 30.9. The van der Waals surface area contributed by atoms with Crippen LogP contribution in [-0.2, 0) is 5.41 Å². The Kier molecular flexibility index (Phi) is 10.4. The van der Waals surface area contributed by atoms with Crippen molar-refractivity contribution < 1.29 is 18.7 Å². The minimum Gasteiger partial charge on any atom is -0.457 e. The summed E-state index contributed by atoms with van der Waals surface area (Å²) in [6, 6.07) is 52.6. The average Bonchev–Trinajstić information content (AvgIpc) is 1.76. The maximum absolute atomic E-state index is 9.55. The van der Waals surface area contributed by atoms with Crippen LogP contribution in [0.3, 0.4) is 0 Å². The van der Waals surface area contributed by atoms with Gasteiger partial charge in [-0.1, -0.05) is 159 Å². The summed E-state index contributed by atoms with van der Waals surface area (Å²) in [7, 11) is 0. The van der Waals surface area contributed by atoms with E-state index >= 15 is 0 Å². The van der Waals surface area contributed by atoms with E-state index in [1.807, 2.05) is 54.7 Å². The molecule has 4 heterocycles. The molecular formula is C73H66N4O2. The van der Waals surface area contributed by atoms with Crippen molar-refractivity contribution in [3.8, 4) is 50.7 Å². The molecule has 1 aliphatic heterocycles. The van der Waals surface area contributed by atoms with Crippen molar-refractivity contribution in [3.05, 3.63) is 228 Å². The molecule has 9 aromatic carbocycles. The fraction of sp³-hybridized carbons (Fsp3) is 0.192. The smallest absolute Gasteiger partial charge is 0.138 e. The summed E-state index contributed by atoms with van der Waals surface area (Å²) in [5, 5.41) is 1.67. The van der Waals surface area contributed by atoms with Crippen LogP contribution in [0.5, 0.6) is 11.5 Å². The molecule has 0 atom stereocenters. The Hall–Kier alpha value is -8.87. The number of para-hydroxylation sites is 3. The fourth-order valence-corrected chi connectivity index (χ4v) is 11.4. The number of benzene rings is 9. The van der Waals surface area contributed by atoms with Crippen molar-refractivity contribution in [2.45, 2.75) is 85.5 Å². The first kappa shape index (κ1) is 42.2. The van der Waals surface area contributed by atoms with Crippen molar-refractivity contribution in [1.82, 2.24) is 9.55 Å². The summed E-state index contributed by atoms with van der Waals surface area (Å²) >= 11 is 0. The van der Waals surface area contributed by atoms with Gasteiger partial charge in [-0.05, 0) is 170 Å². The number of nitrogens with zero attached hydrogens (tertiary/aromatic N) is 4. The third-order valence-corrected chi connectivity index (χ3v) is 15.6. The van der Waals surface area contributed by atoms with E-state index in [-0.39, 0.29) is 68.9 Å². The van der Waals surface area contributed by atoms with Crippen LogP contribution in [0.15, 0.2) is 211 Å². The highest BCUT2D eigenvalue weighted by Crippen LogP contribution is 2.48. The molecule has 0 bridgehead atoms. The van der Waals surface area contributed by atoms with Crippen LogP contribution in [0.2, 0.25) is 0 Å². The molecule has 12 aromatic rings. The van der Waals surface area contributed by atoms with E-state index in [4.69, 9.17) is 19.6 Å². The van der Waals surface area contributed by atoms with Crippen LogP contribution < -0.4 is 14.5 Å². The maximum Gasteiger partial charge on any atom is 0.138 e. The number of aromatic nitrogens is 2. The topological polar surface area (TPSA) is 46.7 Å². The van der Waals surface area contributed by atoms with Gasteiger partial charge in [0, 0.05) is 51.2 Å². The van der Waals surface area contributed by atoms with E-state index in [0.717, 1.165) is 50.1 Å². The lowest BCUT2D eigenvalue weighted by Crippen LogP contribution is -2.24. The third kappa shape index (κ3) is 8.99. The number of ether oxygens (including phenoxy) is 1. The molecule has 390 valence electrons. The zero-order valence-electron chi connectivity index (χ0n) is 53.1. The molecule has 0 saturated carbocycles. The number of hydrogen-bond donors (Lipinski definition) is 0. The molecule has 0 radical (unpaired) electrons. The van der Waals surface area contributed by atoms with Gasteiger partial charge in [-0.15, -0.1) is 0 Å². The Balaban J connectivity index is 0.938. The van der Waals surface area contributed by atoms with Gasteiger partial charge in [0.1, 0.15) is 35.2 Å². The minimum atomic E-state index is -0.476. The molecule has 3 aromatic heterocycles. The van der Waals surface area contributed by atoms with Gasteiger partial charge in [0.15, 0.2) is 0 Å². The monoisotopic (exact) mass is 1040 g/mol. The number of furan rings is 1. The number of anilines is 4. The highest BCUT2D eigenvalue weighted by Gasteiger charge is 2.30. The molecule has 13 rings (SSSR count). The van der Waals surface area contributed by atoms with Crippen LogP contribution in [0, 0.1) is 0 Å². The number of pyridine rings is 1. The minimum absolute atomic E-state index is 0.0111. The molecule has 0 fully saturated rings. The average molecular weight is 1040 g/mol. The largest absolute Gasteiger partial charge is 0.457 e. The van der Waals surface area contributed by atoms with Gasteiger partial charge >= 0.3 is 0 Å². The van der Waals surface area contributed by atoms with Crippen molar-refractivity contribution in [1.29, 1.82) is 0 Å². The second kappa shape index (κ2) is 19.5.